The Morgan fingerprint density at radius 1 is 1.32 bits per heavy atom. The van der Waals surface area contributed by atoms with Crippen molar-refractivity contribution in [2.45, 2.75) is 38.3 Å². The Labute approximate surface area is 163 Å². The van der Waals surface area contributed by atoms with Crippen LogP contribution in [0.15, 0.2) is 29.4 Å². The number of piperidine rings is 1. The van der Waals surface area contributed by atoms with Crippen LogP contribution in [0, 0.1) is 0 Å². The van der Waals surface area contributed by atoms with Crippen molar-refractivity contribution < 1.29 is 24.2 Å². The first-order valence-corrected chi connectivity index (χ1v) is 9.21. The lowest BCUT2D eigenvalue weighted by Gasteiger charge is -2.34. The van der Waals surface area contributed by atoms with Crippen LogP contribution >= 0.6 is 0 Å². The van der Waals surface area contributed by atoms with Crippen LogP contribution in [0.5, 0.6) is 0 Å². The summed E-state index contributed by atoms with van der Waals surface area (Å²) >= 11 is 0. The molecular weight excluding hydrogens is 364 g/mol. The number of nitrogens with one attached hydrogen (secondary N) is 1. The van der Waals surface area contributed by atoms with Crippen LogP contribution in [0.25, 0.3) is 0 Å². The van der Waals surface area contributed by atoms with Gasteiger partial charge in [-0.2, -0.15) is 5.10 Å². The van der Waals surface area contributed by atoms with E-state index in [1.807, 2.05) is 6.92 Å². The number of nitrogens with zero attached hydrogens (tertiary/aromatic N) is 2. The minimum absolute atomic E-state index is 0.139. The second-order valence-electron chi connectivity index (χ2n) is 6.56. The Morgan fingerprint density at radius 3 is 2.50 bits per heavy atom. The fourth-order valence-corrected chi connectivity index (χ4v) is 3.04. The SMILES string of the molecule is CC[C@H](NC(=O)c1ccc(C=NN)cc1)C(=O)N1CCC(OCC(=O)O)CC1. The molecule has 152 valence electrons. The summed E-state index contributed by atoms with van der Waals surface area (Å²) in [4.78, 5) is 37.5. The van der Waals surface area contributed by atoms with E-state index < -0.39 is 12.0 Å². The number of benzene rings is 1. The van der Waals surface area contributed by atoms with Gasteiger partial charge in [0.25, 0.3) is 5.91 Å². The van der Waals surface area contributed by atoms with E-state index in [-0.39, 0.29) is 24.5 Å². The Bertz CT molecular complexity index is 712. The second kappa shape index (κ2) is 10.4. The first kappa shape index (κ1) is 21.4. The summed E-state index contributed by atoms with van der Waals surface area (Å²) in [6.45, 7) is 2.46. The van der Waals surface area contributed by atoms with Crippen LogP contribution in [0.3, 0.4) is 0 Å². The van der Waals surface area contributed by atoms with Gasteiger partial charge in [-0.05, 0) is 37.0 Å². The summed E-state index contributed by atoms with van der Waals surface area (Å²) in [5, 5.41) is 14.9. The van der Waals surface area contributed by atoms with E-state index >= 15 is 0 Å². The van der Waals surface area contributed by atoms with Crippen LogP contribution in [0.2, 0.25) is 0 Å². The normalized spacial score (nSPS) is 16.1. The molecule has 1 aliphatic heterocycles. The van der Waals surface area contributed by atoms with Crippen molar-refractivity contribution in [2.75, 3.05) is 19.7 Å². The molecule has 4 N–H and O–H groups in total. The average Bonchev–Trinajstić information content (AvgIpc) is 2.71. The third-order valence-electron chi connectivity index (χ3n) is 4.60. The van der Waals surface area contributed by atoms with Crippen molar-refractivity contribution in [2.24, 2.45) is 10.9 Å². The van der Waals surface area contributed by atoms with Gasteiger partial charge in [-0.3, -0.25) is 9.59 Å². The molecule has 1 aromatic carbocycles. The van der Waals surface area contributed by atoms with Crippen LogP contribution in [-0.4, -0.2) is 65.8 Å². The van der Waals surface area contributed by atoms with Crippen molar-refractivity contribution in [1.82, 2.24) is 10.2 Å². The number of hydrogen-bond acceptors (Lipinski definition) is 6. The lowest BCUT2D eigenvalue weighted by molar-refractivity contribution is -0.147. The van der Waals surface area contributed by atoms with E-state index in [1.54, 1.807) is 29.2 Å². The zero-order chi connectivity index (χ0) is 20.5. The maximum absolute atomic E-state index is 12.8. The van der Waals surface area contributed by atoms with Crippen LogP contribution in [0.4, 0.5) is 0 Å². The van der Waals surface area contributed by atoms with Crippen molar-refractivity contribution in [3.8, 4) is 0 Å². The van der Waals surface area contributed by atoms with E-state index in [9.17, 15) is 14.4 Å². The summed E-state index contributed by atoms with van der Waals surface area (Å²) in [5.74, 6) is 3.63. The van der Waals surface area contributed by atoms with Crippen LogP contribution in [0.1, 0.15) is 42.1 Å². The van der Waals surface area contributed by atoms with Crippen molar-refractivity contribution in [1.29, 1.82) is 0 Å². The van der Waals surface area contributed by atoms with Gasteiger partial charge in [0.15, 0.2) is 0 Å². The molecule has 1 heterocycles. The molecule has 2 amide bonds. The van der Waals surface area contributed by atoms with Gasteiger partial charge in [-0.15, -0.1) is 0 Å². The molecule has 0 bridgehead atoms. The zero-order valence-electron chi connectivity index (χ0n) is 15.8. The largest absolute Gasteiger partial charge is 0.480 e. The fourth-order valence-electron chi connectivity index (χ4n) is 3.04. The molecule has 1 aliphatic rings. The second-order valence-corrected chi connectivity index (χ2v) is 6.56. The minimum Gasteiger partial charge on any atom is -0.480 e. The van der Waals surface area contributed by atoms with Gasteiger partial charge in [0, 0.05) is 18.7 Å². The summed E-state index contributed by atoms with van der Waals surface area (Å²) in [6, 6.07) is 6.12. The molecule has 1 aromatic rings. The van der Waals surface area contributed by atoms with Crippen molar-refractivity contribution >= 4 is 24.0 Å². The highest BCUT2D eigenvalue weighted by Crippen LogP contribution is 2.15. The molecular formula is C19H26N4O5. The topological polar surface area (TPSA) is 134 Å². The van der Waals surface area contributed by atoms with Gasteiger partial charge in [-0.1, -0.05) is 19.1 Å². The lowest BCUT2D eigenvalue weighted by atomic mass is 10.1. The molecule has 1 fully saturated rings. The number of nitrogens with two attached hydrogens (primary N) is 1. The summed E-state index contributed by atoms with van der Waals surface area (Å²) in [6.07, 6.45) is 2.94. The van der Waals surface area contributed by atoms with E-state index in [4.69, 9.17) is 15.7 Å². The number of likely N-dealkylation sites (tertiary alicyclic amines) is 1. The third-order valence-corrected chi connectivity index (χ3v) is 4.60. The molecule has 2 rings (SSSR count). The monoisotopic (exact) mass is 390 g/mol. The predicted octanol–water partition coefficient (Wildman–Crippen LogP) is 0.580. The molecule has 0 unspecified atom stereocenters. The number of aliphatic carboxylic acids is 1. The van der Waals surface area contributed by atoms with E-state index in [0.717, 1.165) is 5.56 Å². The number of carbonyl (C=O) groups excluding carboxylic acids is 2. The molecule has 0 aliphatic carbocycles. The summed E-state index contributed by atoms with van der Waals surface area (Å²) in [5.41, 5.74) is 1.22. The molecule has 0 spiro atoms. The maximum atomic E-state index is 12.8. The molecule has 0 saturated carbocycles. The van der Waals surface area contributed by atoms with E-state index in [1.165, 1.54) is 6.21 Å². The van der Waals surface area contributed by atoms with Crippen LogP contribution < -0.4 is 11.2 Å². The molecule has 0 radical (unpaired) electrons. The van der Waals surface area contributed by atoms with Crippen molar-refractivity contribution in [3.05, 3.63) is 35.4 Å². The quantitative estimate of drug-likeness (QED) is 0.338. The van der Waals surface area contributed by atoms with Gasteiger partial charge in [0.05, 0.1) is 12.3 Å². The third kappa shape index (κ3) is 6.05. The molecule has 9 heteroatoms. The minimum atomic E-state index is -1.00. The van der Waals surface area contributed by atoms with E-state index in [0.29, 0.717) is 37.9 Å². The standard InChI is InChI=1S/C19H26N4O5/c1-2-16(22-18(26)14-5-3-13(4-6-14)11-21-20)19(27)23-9-7-15(8-10-23)28-12-17(24)25/h3-6,11,15-16H,2,7-10,12,20H2,1H3,(H,22,26)(H,24,25)/t16-/m0/s1. The Hall–Kier alpha value is -2.94. The fraction of sp³-hybridized carbons (Fsp3) is 0.474. The lowest BCUT2D eigenvalue weighted by Crippen LogP contribution is -2.51. The van der Waals surface area contributed by atoms with E-state index in [2.05, 4.69) is 10.4 Å². The molecule has 28 heavy (non-hydrogen) atoms. The number of carboxylic acids is 1. The highest BCUT2D eigenvalue weighted by atomic mass is 16.5. The number of ether oxygens (including phenoxy) is 1. The van der Waals surface area contributed by atoms with Gasteiger partial charge >= 0.3 is 5.97 Å². The number of hydrazone groups is 1. The molecule has 9 nitrogen and oxygen atoms in total. The molecule has 1 saturated heterocycles. The number of hydrogen-bond donors (Lipinski definition) is 3. The average molecular weight is 390 g/mol. The Morgan fingerprint density at radius 2 is 1.96 bits per heavy atom. The van der Waals surface area contributed by atoms with Gasteiger partial charge in [0.1, 0.15) is 12.6 Å². The number of amides is 2. The zero-order valence-corrected chi connectivity index (χ0v) is 15.8. The summed E-state index contributed by atoms with van der Waals surface area (Å²) in [7, 11) is 0. The van der Waals surface area contributed by atoms with Crippen LogP contribution in [-0.2, 0) is 14.3 Å². The summed E-state index contributed by atoms with van der Waals surface area (Å²) < 4.78 is 5.28. The smallest absolute Gasteiger partial charge is 0.329 e. The number of rotatable bonds is 8. The van der Waals surface area contributed by atoms with Gasteiger partial charge in [0.2, 0.25) is 5.91 Å². The van der Waals surface area contributed by atoms with Gasteiger partial charge in [-0.25, -0.2) is 4.79 Å². The highest BCUT2D eigenvalue weighted by Gasteiger charge is 2.29. The number of carbonyl (C=O) groups is 3. The van der Waals surface area contributed by atoms with Crippen molar-refractivity contribution in [3.63, 3.8) is 0 Å². The van der Waals surface area contributed by atoms with Gasteiger partial charge < -0.3 is 25.9 Å². The molecule has 0 aromatic heterocycles. The first-order valence-electron chi connectivity index (χ1n) is 9.21. The number of carboxylic acid groups (broad SMARTS) is 1. The maximum Gasteiger partial charge on any atom is 0.329 e. The Balaban J connectivity index is 1.89. The Kier molecular flexibility index (Phi) is 7.94. The first-order chi connectivity index (χ1) is 13.4. The highest BCUT2D eigenvalue weighted by molar-refractivity contribution is 5.98. The predicted molar refractivity (Wildman–Crippen MR) is 103 cm³/mol. The molecule has 1 atom stereocenters.